The highest BCUT2D eigenvalue weighted by Gasteiger charge is 2.59. The highest BCUT2D eigenvalue weighted by molar-refractivity contribution is 6.08. The summed E-state index contributed by atoms with van der Waals surface area (Å²) < 4.78 is 6.17. The van der Waals surface area contributed by atoms with Gasteiger partial charge in [0.1, 0.15) is 12.4 Å². The zero-order valence-electron chi connectivity index (χ0n) is 18.3. The summed E-state index contributed by atoms with van der Waals surface area (Å²) in [5.41, 5.74) is 3.03. The normalized spacial score (nSPS) is 25.5. The summed E-state index contributed by atoms with van der Waals surface area (Å²) in [6.45, 7) is 2.47. The number of carbonyl (C=O) groups is 2. The molecule has 0 spiro atoms. The SMILES string of the molecule is Cc1ccc(COc2ccc3ccccc3c2C=NN2C(=O)[C@@H]3[C@H](C2=O)[C@H]2C=C[C@H]3C2)cc1. The first-order chi connectivity index (χ1) is 16.1. The average molecular weight is 437 g/mol. The third kappa shape index (κ3) is 3.27. The van der Waals surface area contributed by atoms with Crippen molar-refractivity contribution < 1.29 is 14.3 Å². The van der Waals surface area contributed by atoms with Crippen LogP contribution in [-0.2, 0) is 16.2 Å². The van der Waals surface area contributed by atoms with E-state index >= 15 is 0 Å². The molecular formula is C28H24N2O3. The minimum absolute atomic E-state index is 0.169. The van der Waals surface area contributed by atoms with Crippen LogP contribution in [0.5, 0.6) is 5.75 Å². The van der Waals surface area contributed by atoms with Gasteiger partial charge in [0, 0.05) is 5.56 Å². The lowest BCUT2D eigenvalue weighted by Gasteiger charge is -2.14. The largest absolute Gasteiger partial charge is 0.488 e. The molecule has 1 aliphatic heterocycles. The summed E-state index contributed by atoms with van der Waals surface area (Å²) in [6.07, 6.45) is 6.70. The Hall–Kier alpha value is -3.73. The quantitative estimate of drug-likeness (QED) is 0.326. The summed E-state index contributed by atoms with van der Waals surface area (Å²) in [5.74, 6) is 0.133. The van der Waals surface area contributed by atoms with Crippen molar-refractivity contribution in [1.29, 1.82) is 0 Å². The molecule has 0 radical (unpaired) electrons. The first-order valence-electron chi connectivity index (χ1n) is 11.4. The molecule has 3 aliphatic rings. The molecule has 2 aliphatic carbocycles. The second-order valence-corrected chi connectivity index (χ2v) is 9.21. The predicted octanol–water partition coefficient (Wildman–Crippen LogP) is 4.87. The number of aryl methyl sites for hydroxylation is 1. The van der Waals surface area contributed by atoms with E-state index in [1.54, 1.807) is 6.21 Å². The third-order valence-electron chi connectivity index (χ3n) is 7.20. The fraction of sp³-hybridized carbons (Fsp3) is 0.250. The highest BCUT2D eigenvalue weighted by Crippen LogP contribution is 2.52. The van der Waals surface area contributed by atoms with E-state index in [1.807, 2.05) is 48.5 Å². The molecule has 2 bridgehead atoms. The second-order valence-electron chi connectivity index (χ2n) is 9.21. The molecule has 2 fully saturated rings. The van der Waals surface area contributed by atoms with Crippen LogP contribution in [0, 0.1) is 30.6 Å². The van der Waals surface area contributed by atoms with E-state index in [9.17, 15) is 9.59 Å². The molecule has 5 nitrogen and oxygen atoms in total. The molecule has 0 aromatic heterocycles. The molecule has 4 atom stereocenters. The summed E-state index contributed by atoms with van der Waals surface area (Å²) in [4.78, 5) is 26.0. The maximum absolute atomic E-state index is 13.0. The van der Waals surface area contributed by atoms with Crippen molar-refractivity contribution in [2.24, 2.45) is 28.8 Å². The van der Waals surface area contributed by atoms with E-state index in [-0.39, 0.29) is 35.5 Å². The molecule has 0 N–H and O–H groups in total. The molecular weight excluding hydrogens is 412 g/mol. The molecule has 33 heavy (non-hydrogen) atoms. The topological polar surface area (TPSA) is 59.0 Å². The van der Waals surface area contributed by atoms with Crippen LogP contribution in [-0.4, -0.2) is 23.0 Å². The number of imide groups is 1. The smallest absolute Gasteiger partial charge is 0.254 e. The van der Waals surface area contributed by atoms with Gasteiger partial charge in [-0.25, -0.2) is 0 Å². The fourth-order valence-electron chi connectivity index (χ4n) is 5.50. The van der Waals surface area contributed by atoms with Gasteiger partial charge < -0.3 is 4.74 Å². The number of ether oxygens (including phenoxy) is 1. The molecule has 3 aromatic rings. The number of hydrazone groups is 1. The van der Waals surface area contributed by atoms with E-state index in [0.29, 0.717) is 12.4 Å². The maximum atomic E-state index is 13.0. The van der Waals surface area contributed by atoms with Crippen molar-refractivity contribution in [3.63, 3.8) is 0 Å². The van der Waals surface area contributed by atoms with Crippen molar-refractivity contribution in [2.45, 2.75) is 20.0 Å². The third-order valence-corrected chi connectivity index (χ3v) is 7.20. The van der Waals surface area contributed by atoms with E-state index < -0.39 is 0 Å². The average Bonchev–Trinajstić information content (AvgIpc) is 3.52. The second kappa shape index (κ2) is 7.69. The minimum atomic E-state index is -0.255. The Bertz CT molecular complexity index is 1290. The Morgan fingerprint density at radius 1 is 0.939 bits per heavy atom. The van der Waals surface area contributed by atoms with Crippen LogP contribution in [0.3, 0.4) is 0 Å². The number of fused-ring (bicyclic) bond motifs is 6. The Labute approximate surface area is 192 Å². The summed E-state index contributed by atoms with van der Waals surface area (Å²) in [6, 6.07) is 20.1. The fourth-order valence-corrected chi connectivity index (χ4v) is 5.50. The summed E-state index contributed by atoms with van der Waals surface area (Å²) in [7, 11) is 0. The molecule has 1 heterocycles. The standard InChI is InChI=1S/C28H24N2O3/c1-17-6-8-18(9-7-17)16-33-24-13-12-19-4-2-3-5-22(19)23(24)15-29-30-27(31)25-20-10-11-21(14-20)26(25)28(30)32/h2-13,15,20-21,25-26H,14,16H2,1H3/t20-,21-,25-,26+/m0/s1. The van der Waals surface area contributed by atoms with E-state index in [4.69, 9.17) is 4.74 Å². The Morgan fingerprint density at radius 2 is 1.64 bits per heavy atom. The molecule has 6 rings (SSSR count). The van der Waals surface area contributed by atoms with E-state index in [0.717, 1.165) is 33.3 Å². The van der Waals surface area contributed by atoms with Crippen LogP contribution >= 0.6 is 0 Å². The van der Waals surface area contributed by atoms with Crippen molar-refractivity contribution in [3.05, 3.63) is 89.5 Å². The van der Waals surface area contributed by atoms with Gasteiger partial charge >= 0.3 is 0 Å². The molecule has 5 heteroatoms. The monoisotopic (exact) mass is 436 g/mol. The number of amides is 2. The van der Waals surface area contributed by atoms with Gasteiger partial charge in [-0.2, -0.15) is 10.1 Å². The lowest BCUT2D eigenvalue weighted by atomic mass is 9.85. The van der Waals surface area contributed by atoms with Crippen molar-refractivity contribution >= 4 is 28.8 Å². The number of rotatable bonds is 5. The van der Waals surface area contributed by atoms with Gasteiger partial charge in [0.15, 0.2) is 0 Å². The Balaban J connectivity index is 1.32. The molecule has 1 saturated heterocycles. The van der Waals surface area contributed by atoms with Gasteiger partial charge in [-0.3, -0.25) is 9.59 Å². The van der Waals surface area contributed by atoms with Crippen LogP contribution in [0.1, 0.15) is 23.1 Å². The summed E-state index contributed by atoms with van der Waals surface area (Å²) >= 11 is 0. The van der Waals surface area contributed by atoms with Crippen LogP contribution in [0.25, 0.3) is 10.8 Å². The Morgan fingerprint density at radius 3 is 2.36 bits per heavy atom. The molecule has 2 amide bonds. The van der Waals surface area contributed by atoms with Gasteiger partial charge in [0.05, 0.1) is 18.1 Å². The predicted molar refractivity (Wildman–Crippen MR) is 127 cm³/mol. The lowest BCUT2D eigenvalue weighted by Crippen LogP contribution is -2.28. The summed E-state index contributed by atoms with van der Waals surface area (Å²) in [5, 5.41) is 7.51. The van der Waals surface area contributed by atoms with Crippen LogP contribution < -0.4 is 4.74 Å². The van der Waals surface area contributed by atoms with E-state index in [2.05, 4.69) is 36.3 Å². The van der Waals surface area contributed by atoms with Gasteiger partial charge in [-0.15, -0.1) is 0 Å². The number of nitrogens with zero attached hydrogens (tertiary/aromatic N) is 2. The molecule has 164 valence electrons. The molecule has 0 unspecified atom stereocenters. The number of benzene rings is 3. The zero-order chi connectivity index (χ0) is 22.5. The zero-order valence-corrected chi connectivity index (χ0v) is 18.3. The number of hydrogen-bond donors (Lipinski definition) is 0. The van der Waals surface area contributed by atoms with Crippen LogP contribution in [0.4, 0.5) is 0 Å². The first-order valence-corrected chi connectivity index (χ1v) is 11.4. The van der Waals surface area contributed by atoms with Gasteiger partial charge in [-0.1, -0.05) is 72.3 Å². The van der Waals surface area contributed by atoms with Crippen LogP contribution in [0.2, 0.25) is 0 Å². The van der Waals surface area contributed by atoms with Crippen molar-refractivity contribution in [2.75, 3.05) is 0 Å². The van der Waals surface area contributed by atoms with E-state index in [1.165, 1.54) is 5.56 Å². The Kier molecular flexibility index (Phi) is 4.64. The van der Waals surface area contributed by atoms with Gasteiger partial charge in [-0.05, 0) is 47.6 Å². The number of hydrogen-bond acceptors (Lipinski definition) is 4. The van der Waals surface area contributed by atoms with Gasteiger partial charge in [0.2, 0.25) is 0 Å². The van der Waals surface area contributed by atoms with Crippen molar-refractivity contribution in [1.82, 2.24) is 5.01 Å². The maximum Gasteiger partial charge on any atom is 0.254 e. The van der Waals surface area contributed by atoms with Gasteiger partial charge in [0.25, 0.3) is 11.8 Å². The minimum Gasteiger partial charge on any atom is -0.488 e. The lowest BCUT2D eigenvalue weighted by molar-refractivity contribution is -0.140. The number of allylic oxidation sites excluding steroid dienone is 2. The highest BCUT2D eigenvalue weighted by atomic mass is 16.5. The van der Waals surface area contributed by atoms with Crippen LogP contribution in [0.15, 0.2) is 77.9 Å². The first kappa shape index (κ1) is 19.9. The van der Waals surface area contributed by atoms with Crippen molar-refractivity contribution in [3.8, 4) is 5.75 Å². The number of carbonyl (C=O) groups excluding carboxylic acids is 2. The molecule has 1 saturated carbocycles. The molecule has 3 aromatic carbocycles.